The molecule has 0 aliphatic carbocycles. The maximum atomic E-state index is 8.21. The van der Waals surface area contributed by atoms with Crippen LogP contribution in [0.1, 0.15) is 0 Å². The third-order valence-corrected chi connectivity index (χ3v) is 0.764. The van der Waals surface area contributed by atoms with Crippen molar-refractivity contribution in [2.75, 3.05) is 0 Å². The molecule has 0 aliphatic heterocycles. The van der Waals surface area contributed by atoms with E-state index in [1.165, 1.54) is 6.20 Å². The van der Waals surface area contributed by atoms with Gasteiger partial charge in [-0.25, -0.2) is 4.98 Å². The van der Waals surface area contributed by atoms with Crippen molar-refractivity contribution in [2.24, 2.45) is 0 Å². The van der Waals surface area contributed by atoms with E-state index < -0.39 is 0 Å². The Morgan fingerprint density at radius 3 is 3.00 bits per heavy atom. The first-order chi connectivity index (χ1) is 3.93. The van der Waals surface area contributed by atoms with Gasteiger partial charge in [0.25, 0.3) is 0 Å². The van der Waals surface area contributed by atoms with Gasteiger partial charge in [0.15, 0.2) is 0 Å². The van der Waals surface area contributed by atoms with Crippen LogP contribution in [0.4, 0.5) is 0 Å². The number of hydrogen-bond acceptors (Lipinski definition) is 2. The number of nitrogens with zero attached hydrogens (tertiary/aromatic N) is 2. The van der Waals surface area contributed by atoms with Gasteiger partial charge in [0, 0.05) is 18.6 Å². The van der Waals surface area contributed by atoms with Gasteiger partial charge in [0.2, 0.25) is 0 Å². The van der Waals surface area contributed by atoms with Crippen molar-refractivity contribution in [3.05, 3.63) is 25.0 Å². The Morgan fingerprint density at radius 2 is 2.50 bits per heavy atom. The van der Waals surface area contributed by atoms with Crippen molar-refractivity contribution >= 4 is 6.20 Å². The number of aliphatic hydroxyl groups is 1. The average molecular weight is 110 g/mol. The van der Waals surface area contributed by atoms with Crippen LogP contribution in [-0.2, 0) is 0 Å². The van der Waals surface area contributed by atoms with E-state index in [0.29, 0.717) is 0 Å². The van der Waals surface area contributed by atoms with E-state index in [2.05, 4.69) is 4.98 Å². The molecule has 1 heterocycles. The SMILES string of the molecule is O/C=C/n1ccnc1. The predicted molar refractivity (Wildman–Crippen MR) is 30.2 cm³/mol. The fourth-order valence-electron chi connectivity index (χ4n) is 0.435. The first-order valence-corrected chi connectivity index (χ1v) is 2.22. The molecule has 3 heteroatoms. The molecule has 0 saturated heterocycles. The molecule has 1 aromatic rings. The summed E-state index contributed by atoms with van der Waals surface area (Å²) in [5, 5.41) is 8.21. The molecule has 0 aromatic carbocycles. The Morgan fingerprint density at radius 1 is 1.62 bits per heavy atom. The lowest BCUT2D eigenvalue weighted by Gasteiger charge is -1.82. The topological polar surface area (TPSA) is 38.0 Å². The standard InChI is InChI=1S/C5H6N2O/c8-4-3-7-2-1-6-5-7/h1-5,8H/b4-3+. The second kappa shape index (κ2) is 2.16. The Balaban J connectivity index is 2.77. The molecule has 0 aliphatic rings. The van der Waals surface area contributed by atoms with Crippen molar-refractivity contribution in [3.8, 4) is 0 Å². The lowest BCUT2D eigenvalue weighted by molar-refractivity contribution is 0.476. The second-order valence-corrected chi connectivity index (χ2v) is 1.31. The molecule has 3 nitrogen and oxygen atoms in total. The van der Waals surface area contributed by atoms with Gasteiger partial charge >= 0.3 is 0 Å². The molecular formula is C5H6N2O. The number of rotatable bonds is 1. The van der Waals surface area contributed by atoms with Crippen LogP contribution in [0.25, 0.3) is 6.20 Å². The van der Waals surface area contributed by atoms with Gasteiger partial charge in [-0.2, -0.15) is 0 Å². The van der Waals surface area contributed by atoms with E-state index in [0.717, 1.165) is 6.26 Å². The van der Waals surface area contributed by atoms with Crippen LogP contribution >= 0.6 is 0 Å². The molecule has 0 fully saturated rings. The fourth-order valence-corrected chi connectivity index (χ4v) is 0.435. The summed E-state index contributed by atoms with van der Waals surface area (Å²) in [4.78, 5) is 3.74. The van der Waals surface area contributed by atoms with Crippen LogP contribution in [0.3, 0.4) is 0 Å². The summed E-state index contributed by atoms with van der Waals surface area (Å²) >= 11 is 0. The molecule has 0 bridgehead atoms. The van der Waals surface area contributed by atoms with E-state index in [-0.39, 0.29) is 0 Å². The lowest BCUT2D eigenvalue weighted by atomic mass is 10.8. The van der Waals surface area contributed by atoms with Gasteiger partial charge in [-0.05, 0) is 0 Å². The van der Waals surface area contributed by atoms with E-state index in [4.69, 9.17) is 5.11 Å². The molecule has 1 aromatic heterocycles. The third-order valence-electron chi connectivity index (χ3n) is 0.764. The van der Waals surface area contributed by atoms with E-state index in [1.807, 2.05) is 0 Å². The summed E-state index contributed by atoms with van der Waals surface area (Å²) in [6.45, 7) is 0. The molecule has 0 unspecified atom stereocenters. The zero-order valence-electron chi connectivity index (χ0n) is 4.23. The highest BCUT2D eigenvalue weighted by atomic mass is 16.2. The van der Waals surface area contributed by atoms with Crippen LogP contribution in [-0.4, -0.2) is 14.7 Å². The first kappa shape index (κ1) is 4.90. The maximum Gasteiger partial charge on any atom is 0.0987 e. The summed E-state index contributed by atoms with van der Waals surface area (Å²) < 4.78 is 1.64. The molecule has 1 N–H and O–H groups in total. The van der Waals surface area contributed by atoms with Gasteiger partial charge in [-0.15, -0.1) is 0 Å². The molecule has 0 atom stereocenters. The van der Waals surface area contributed by atoms with Crippen molar-refractivity contribution in [1.29, 1.82) is 0 Å². The van der Waals surface area contributed by atoms with Crippen LogP contribution in [0.2, 0.25) is 0 Å². The molecule has 8 heavy (non-hydrogen) atoms. The monoisotopic (exact) mass is 110 g/mol. The van der Waals surface area contributed by atoms with Gasteiger partial charge < -0.3 is 9.67 Å². The van der Waals surface area contributed by atoms with E-state index >= 15 is 0 Å². The minimum absolute atomic E-state index is 0.960. The summed E-state index contributed by atoms with van der Waals surface area (Å²) in [5.41, 5.74) is 0. The quantitative estimate of drug-likeness (QED) is 0.544. The number of imidazole rings is 1. The zero-order chi connectivity index (χ0) is 5.82. The van der Waals surface area contributed by atoms with Gasteiger partial charge in [-0.3, -0.25) is 0 Å². The highest BCUT2D eigenvalue weighted by Crippen LogP contribution is 1.83. The molecule has 1 rings (SSSR count). The summed E-state index contributed by atoms with van der Waals surface area (Å²) in [5.74, 6) is 0. The Labute approximate surface area is 46.9 Å². The predicted octanol–water partition coefficient (Wildman–Crippen LogP) is 0.869. The van der Waals surface area contributed by atoms with Crippen molar-refractivity contribution in [1.82, 2.24) is 9.55 Å². The number of aliphatic hydroxyl groups excluding tert-OH is 1. The molecule has 0 amide bonds. The largest absolute Gasteiger partial charge is 0.514 e. The number of aromatic nitrogens is 2. The Bertz CT molecular complexity index is 167. The highest BCUT2D eigenvalue weighted by Gasteiger charge is 1.75. The van der Waals surface area contributed by atoms with Crippen LogP contribution < -0.4 is 0 Å². The molecule has 0 spiro atoms. The Kier molecular flexibility index (Phi) is 1.32. The molecular weight excluding hydrogens is 104 g/mol. The lowest BCUT2D eigenvalue weighted by Crippen LogP contribution is -1.76. The van der Waals surface area contributed by atoms with Gasteiger partial charge in [0.05, 0.1) is 12.6 Å². The summed E-state index contributed by atoms with van der Waals surface area (Å²) in [6, 6.07) is 0. The first-order valence-electron chi connectivity index (χ1n) is 2.22. The smallest absolute Gasteiger partial charge is 0.0987 e. The third kappa shape index (κ3) is 0.872. The van der Waals surface area contributed by atoms with Crippen molar-refractivity contribution in [3.63, 3.8) is 0 Å². The number of hydrogen-bond donors (Lipinski definition) is 1. The molecule has 0 saturated carbocycles. The molecule has 0 radical (unpaired) electrons. The average Bonchev–Trinajstić information content (AvgIpc) is 2.19. The van der Waals surface area contributed by atoms with Gasteiger partial charge in [-0.1, -0.05) is 0 Å². The minimum Gasteiger partial charge on any atom is -0.514 e. The van der Waals surface area contributed by atoms with Crippen molar-refractivity contribution in [2.45, 2.75) is 0 Å². The minimum atomic E-state index is 0.960. The van der Waals surface area contributed by atoms with Crippen LogP contribution in [0.15, 0.2) is 25.0 Å². The van der Waals surface area contributed by atoms with E-state index in [9.17, 15) is 0 Å². The van der Waals surface area contributed by atoms with Crippen molar-refractivity contribution < 1.29 is 5.11 Å². The zero-order valence-corrected chi connectivity index (χ0v) is 4.23. The summed E-state index contributed by atoms with van der Waals surface area (Å²) in [7, 11) is 0. The maximum absolute atomic E-state index is 8.21. The normalized spacial score (nSPS) is 10.5. The summed E-state index contributed by atoms with van der Waals surface area (Å²) in [6.07, 6.45) is 7.41. The fraction of sp³-hybridized carbons (Fsp3) is 0. The van der Waals surface area contributed by atoms with Crippen LogP contribution in [0, 0.1) is 0 Å². The second-order valence-electron chi connectivity index (χ2n) is 1.31. The molecule has 42 valence electrons. The van der Waals surface area contributed by atoms with E-state index in [1.54, 1.807) is 23.3 Å². The van der Waals surface area contributed by atoms with Crippen LogP contribution in [0.5, 0.6) is 0 Å². The highest BCUT2D eigenvalue weighted by molar-refractivity contribution is 5.17. The van der Waals surface area contributed by atoms with Gasteiger partial charge in [0.1, 0.15) is 0 Å². The Hall–Kier alpha value is -1.25.